The molecule has 1 aliphatic carbocycles. The molecule has 1 atom stereocenters. The van der Waals surface area contributed by atoms with Gasteiger partial charge in [-0.25, -0.2) is 0 Å². The van der Waals surface area contributed by atoms with E-state index < -0.39 is 16.9 Å². The van der Waals surface area contributed by atoms with E-state index in [0.717, 1.165) is 19.3 Å². The summed E-state index contributed by atoms with van der Waals surface area (Å²) in [5, 5.41) is 9.25. The summed E-state index contributed by atoms with van der Waals surface area (Å²) in [7, 11) is 0. The smallest absolute Gasteiger partial charge is 0.305 e. The van der Waals surface area contributed by atoms with Crippen molar-refractivity contribution in [1.82, 2.24) is 4.90 Å². The number of carbonyl (C=O) groups is 3. The predicted octanol–water partition coefficient (Wildman–Crippen LogP) is 2.59. The zero-order chi connectivity index (χ0) is 15.8. The highest BCUT2D eigenvalue weighted by molar-refractivity contribution is 6.06. The zero-order valence-corrected chi connectivity index (χ0v) is 13.1. The molecule has 1 N–H and O–H groups in total. The molecule has 0 spiro atoms. The summed E-state index contributed by atoms with van der Waals surface area (Å²) < 4.78 is 0. The molecular weight excluding hydrogens is 270 g/mol. The average molecular weight is 295 g/mol. The van der Waals surface area contributed by atoms with E-state index in [2.05, 4.69) is 0 Å². The van der Waals surface area contributed by atoms with Crippen molar-refractivity contribution in [1.29, 1.82) is 0 Å². The third kappa shape index (κ3) is 2.58. The summed E-state index contributed by atoms with van der Waals surface area (Å²) in [6.07, 6.45) is 4.10. The average Bonchev–Trinajstić information content (AvgIpc) is 2.61. The highest BCUT2D eigenvalue weighted by atomic mass is 16.4. The number of hydrogen-bond acceptors (Lipinski definition) is 3. The third-order valence-electron chi connectivity index (χ3n) is 5.47. The van der Waals surface area contributed by atoms with Crippen LogP contribution >= 0.6 is 0 Å². The molecule has 2 fully saturated rings. The first-order valence-corrected chi connectivity index (χ1v) is 7.82. The van der Waals surface area contributed by atoms with Crippen molar-refractivity contribution in [2.45, 2.75) is 71.3 Å². The van der Waals surface area contributed by atoms with Gasteiger partial charge in [0.15, 0.2) is 0 Å². The maximum atomic E-state index is 12.9. The number of rotatable bonds is 4. The molecule has 2 aliphatic rings. The topological polar surface area (TPSA) is 74.7 Å². The number of aliphatic carboxylic acids is 1. The summed E-state index contributed by atoms with van der Waals surface area (Å²) in [4.78, 5) is 38.0. The molecule has 0 aromatic carbocycles. The summed E-state index contributed by atoms with van der Waals surface area (Å²) in [5.41, 5.74) is -1.50. The SMILES string of the molecule is CC(C)C1(C)CC(=O)N(C2(CC(=O)O)CCCCC2)C1=O. The Morgan fingerprint density at radius 3 is 2.24 bits per heavy atom. The quantitative estimate of drug-likeness (QED) is 0.809. The summed E-state index contributed by atoms with van der Waals surface area (Å²) >= 11 is 0. The highest BCUT2D eigenvalue weighted by Gasteiger charge is 2.57. The molecule has 0 radical (unpaired) electrons. The van der Waals surface area contributed by atoms with Gasteiger partial charge in [-0.2, -0.15) is 0 Å². The Hall–Kier alpha value is -1.39. The minimum Gasteiger partial charge on any atom is -0.481 e. The Morgan fingerprint density at radius 1 is 1.24 bits per heavy atom. The van der Waals surface area contributed by atoms with E-state index >= 15 is 0 Å². The van der Waals surface area contributed by atoms with Crippen LogP contribution in [0.15, 0.2) is 0 Å². The normalized spacial score (nSPS) is 29.2. The molecule has 21 heavy (non-hydrogen) atoms. The molecule has 5 nitrogen and oxygen atoms in total. The molecular formula is C16H25NO4. The summed E-state index contributed by atoms with van der Waals surface area (Å²) in [6, 6.07) is 0. The summed E-state index contributed by atoms with van der Waals surface area (Å²) in [5.74, 6) is -1.25. The van der Waals surface area contributed by atoms with Crippen LogP contribution in [0.25, 0.3) is 0 Å². The van der Waals surface area contributed by atoms with E-state index in [-0.39, 0.29) is 30.6 Å². The lowest BCUT2D eigenvalue weighted by Crippen LogP contribution is -2.55. The number of carbonyl (C=O) groups excluding carboxylic acids is 2. The van der Waals surface area contributed by atoms with Crippen LogP contribution in [0.3, 0.4) is 0 Å². The van der Waals surface area contributed by atoms with Crippen LogP contribution in [0.1, 0.15) is 65.7 Å². The molecule has 1 saturated carbocycles. The molecule has 1 aliphatic heterocycles. The molecule has 2 rings (SSSR count). The molecule has 5 heteroatoms. The van der Waals surface area contributed by atoms with Gasteiger partial charge >= 0.3 is 5.97 Å². The van der Waals surface area contributed by atoms with E-state index in [0.29, 0.717) is 12.8 Å². The lowest BCUT2D eigenvalue weighted by atomic mass is 9.75. The lowest BCUT2D eigenvalue weighted by molar-refractivity contribution is -0.154. The van der Waals surface area contributed by atoms with Gasteiger partial charge in [-0.1, -0.05) is 33.1 Å². The van der Waals surface area contributed by atoms with Crippen molar-refractivity contribution >= 4 is 17.8 Å². The predicted molar refractivity (Wildman–Crippen MR) is 77.5 cm³/mol. The number of nitrogens with zero attached hydrogens (tertiary/aromatic N) is 1. The van der Waals surface area contributed by atoms with Crippen molar-refractivity contribution in [3.05, 3.63) is 0 Å². The first-order chi connectivity index (χ1) is 9.73. The molecule has 0 bridgehead atoms. The highest BCUT2D eigenvalue weighted by Crippen LogP contribution is 2.46. The molecule has 118 valence electrons. The van der Waals surface area contributed by atoms with E-state index in [1.165, 1.54) is 4.90 Å². The fourth-order valence-corrected chi connectivity index (χ4v) is 3.74. The first-order valence-electron chi connectivity index (χ1n) is 7.82. The molecule has 0 aromatic heterocycles. The van der Waals surface area contributed by atoms with E-state index in [1.807, 2.05) is 20.8 Å². The van der Waals surface area contributed by atoms with Gasteiger partial charge in [0.05, 0.1) is 17.4 Å². The van der Waals surface area contributed by atoms with Gasteiger partial charge in [-0.15, -0.1) is 0 Å². The van der Waals surface area contributed by atoms with Crippen molar-refractivity contribution in [3.8, 4) is 0 Å². The van der Waals surface area contributed by atoms with Crippen LogP contribution in [-0.2, 0) is 14.4 Å². The van der Waals surface area contributed by atoms with Crippen LogP contribution in [0, 0.1) is 11.3 Å². The van der Waals surface area contributed by atoms with Gasteiger partial charge in [-0.3, -0.25) is 19.3 Å². The van der Waals surface area contributed by atoms with E-state index in [9.17, 15) is 19.5 Å². The minimum absolute atomic E-state index is 0.0596. The number of imide groups is 1. The van der Waals surface area contributed by atoms with Gasteiger partial charge in [0.1, 0.15) is 0 Å². The van der Waals surface area contributed by atoms with Gasteiger partial charge in [-0.05, 0) is 25.7 Å². The maximum absolute atomic E-state index is 12.9. The molecule has 1 saturated heterocycles. The van der Waals surface area contributed by atoms with E-state index in [1.54, 1.807) is 0 Å². The van der Waals surface area contributed by atoms with Crippen LogP contribution < -0.4 is 0 Å². The Morgan fingerprint density at radius 2 is 1.81 bits per heavy atom. The largest absolute Gasteiger partial charge is 0.481 e. The Balaban J connectivity index is 2.38. The van der Waals surface area contributed by atoms with E-state index in [4.69, 9.17) is 0 Å². The second kappa shape index (κ2) is 5.43. The monoisotopic (exact) mass is 295 g/mol. The second-order valence-electron chi connectivity index (χ2n) is 7.14. The number of carboxylic acids is 1. The van der Waals surface area contributed by atoms with Crippen molar-refractivity contribution in [3.63, 3.8) is 0 Å². The number of carboxylic acid groups (broad SMARTS) is 1. The Kier molecular flexibility index (Phi) is 4.13. The van der Waals surface area contributed by atoms with Gasteiger partial charge in [0.2, 0.25) is 11.8 Å². The zero-order valence-electron chi connectivity index (χ0n) is 13.1. The van der Waals surface area contributed by atoms with Gasteiger partial charge < -0.3 is 5.11 Å². The van der Waals surface area contributed by atoms with Crippen LogP contribution in [0.5, 0.6) is 0 Å². The lowest BCUT2D eigenvalue weighted by Gasteiger charge is -2.43. The van der Waals surface area contributed by atoms with Crippen LogP contribution in [0.2, 0.25) is 0 Å². The van der Waals surface area contributed by atoms with Crippen LogP contribution in [0.4, 0.5) is 0 Å². The molecule has 1 unspecified atom stereocenters. The number of likely N-dealkylation sites (tertiary alicyclic amines) is 1. The maximum Gasteiger partial charge on any atom is 0.305 e. The van der Waals surface area contributed by atoms with Gasteiger partial charge in [0, 0.05) is 6.42 Å². The first kappa shape index (κ1) is 16.0. The molecule has 0 aromatic rings. The van der Waals surface area contributed by atoms with Crippen LogP contribution in [-0.4, -0.2) is 33.3 Å². The minimum atomic E-state index is -0.935. The fraction of sp³-hybridized carbons (Fsp3) is 0.812. The number of amides is 2. The van der Waals surface area contributed by atoms with Crippen molar-refractivity contribution < 1.29 is 19.5 Å². The molecule has 1 heterocycles. The Bertz CT molecular complexity index is 465. The number of hydrogen-bond donors (Lipinski definition) is 1. The summed E-state index contributed by atoms with van der Waals surface area (Å²) in [6.45, 7) is 5.72. The molecule has 2 amide bonds. The van der Waals surface area contributed by atoms with Crippen molar-refractivity contribution in [2.24, 2.45) is 11.3 Å². The van der Waals surface area contributed by atoms with Crippen molar-refractivity contribution in [2.75, 3.05) is 0 Å². The van der Waals surface area contributed by atoms with Gasteiger partial charge in [0.25, 0.3) is 0 Å². The Labute approximate surface area is 125 Å². The standard InChI is InChI=1S/C16H25NO4/c1-11(2)15(3)9-12(18)17(14(15)21)16(10-13(19)20)7-5-4-6-8-16/h11H,4-10H2,1-3H3,(H,19,20). The third-order valence-corrected chi connectivity index (χ3v) is 5.47. The second-order valence-corrected chi connectivity index (χ2v) is 7.14. The fourth-order valence-electron chi connectivity index (χ4n) is 3.74.